The lowest BCUT2D eigenvalue weighted by atomic mass is 10.3. The Kier molecular flexibility index (Phi) is 6.09. The zero-order valence-corrected chi connectivity index (χ0v) is 10.3. The summed E-state index contributed by atoms with van der Waals surface area (Å²) in [4.78, 5) is 6.29. The van der Waals surface area contributed by atoms with Gasteiger partial charge in [0, 0.05) is 31.9 Å². The molecule has 0 bridgehead atoms. The summed E-state index contributed by atoms with van der Waals surface area (Å²) in [5.41, 5.74) is 5.44. The van der Waals surface area contributed by atoms with E-state index in [1.165, 1.54) is 0 Å². The van der Waals surface area contributed by atoms with Gasteiger partial charge in [0.15, 0.2) is 0 Å². The number of nitrogens with two attached hydrogens (primary N) is 1. The standard InChI is InChI=1S/C11H21N5O/c1-2-15(8-4-11(12)14-17)6-3-7-16-9-5-13-10-16/h5,9-10,17H,2-4,6-8H2,1H3,(H2,12,14). The van der Waals surface area contributed by atoms with E-state index in [2.05, 4.69) is 26.5 Å². The van der Waals surface area contributed by atoms with Crippen LogP contribution in [0.15, 0.2) is 23.9 Å². The van der Waals surface area contributed by atoms with Gasteiger partial charge in [-0.1, -0.05) is 12.1 Å². The van der Waals surface area contributed by atoms with Crippen LogP contribution in [-0.2, 0) is 6.54 Å². The maximum Gasteiger partial charge on any atom is 0.140 e. The summed E-state index contributed by atoms with van der Waals surface area (Å²) in [7, 11) is 0. The summed E-state index contributed by atoms with van der Waals surface area (Å²) < 4.78 is 2.07. The number of aromatic nitrogens is 2. The highest BCUT2D eigenvalue weighted by atomic mass is 16.4. The molecule has 0 saturated heterocycles. The molecular formula is C11H21N5O. The van der Waals surface area contributed by atoms with Crippen LogP contribution in [0.4, 0.5) is 0 Å². The van der Waals surface area contributed by atoms with Gasteiger partial charge in [0.05, 0.1) is 6.33 Å². The van der Waals surface area contributed by atoms with E-state index < -0.39 is 0 Å². The number of nitrogens with zero attached hydrogens (tertiary/aromatic N) is 4. The molecule has 1 rings (SSSR count). The van der Waals surface area contributed by atoms with Crippen LogP contribution in [0.25, 0.3) is 0 Å². The fraction of sp³-hybridized carbons (Fsp3) is 0.636. The van der Waals surface area contributed by atoms with Crippen molar-refractivity contribution in [3.8, 4) is 0 Å². The molecule has 6 nitrogen and oxygen atoms in total. The molecule has 1 aromatic rings. The van der Waals surface area contributed by atoms with Crippen LogP contribution in [-0.4, -0.2) is 45.1 Å². The Morgan fingerprint density at radius 2 is 2.35 bits per heavy atom. The van der Waals surface area contributed by atoms with Crippen LogP contribution >= 0.6 is 0 Å². The summed E-state index contributed by atoms with van der Waals surface area (Å²) in [5, 5.41) is 11.4. The molecule has 3 N–H and O–H groups in total. The first-order valence-electron chi connectivity index (χ1n) is 5.90. The van der Waals surface area contributed by atoms with Crippen LogP contribution < -0.4 is 5.73 Å². The normalized spacial score (nSPS) is 12.2. The number of amidine groups is 1. The van der Waals surface area contributed by atoms with Crippen LogP contribution in [0.3, 0.4) is 0 Å². The monoisotopic (exact) mass is 239 g/mol. The fourth-order valence-electron chi connectivity index (χ4n) is 1.65. The number of hydrogen-bond donors (Lipinski definition) is 2. The Morgan fingerprint density at radius 3 is 2.94 bits per heavy atom. The van der Waals surface area contributed by atoms with Crippen molar-refractivity contribution in [1.29, 1.82) is 0 Å². The first-order chi connectivity index (χ1) is 8.26. The molecule has 17 heavy (non-hydrogen) atoms. The molecule has 6 heteroatoms. The molecule has 0 aliphatic carbocycles. The smallest absolute Gasteiger partial charge is 0.140 e. The first kappa shape index (κ1) is 13.5. The van der Waals surface area contributed by atoms with Gasteiger partial charge >= 0.3 is 0 Å². The highest BCUT2D eigenvalue weighted by molar-refractivity contribution is 5.79. The number of imidazole rings is 1. The van der Waals surface area contributed by atoms with Gasteiger partial charge in [0.25, 0.3) is 0 Å². The summed E-state index contributed by atoms with van der Waals surface area (Å²) in [5.74, 6) is 0.290. The minimum atomic E-state index is 0.290. The van der Waals surface area contributed by atoms with Gasteiger partial charge in [-0.05, 0) is 19.5 Å². The molecule has 96 valence electrons. The van der Waals surface area contributed by atoms with E-state index >= 15 is 0 Å². The third-order valence-electron chi connectivity index (χ3n) is 2.71. The molecule has 0 atom stereocenters. The quantitative estimate of drug-likeness (QED) is 0.303. The second-order valence-corrected chi connectivity index (χ2v) is 3.93. The second kappa shape index (κ2) is 7.67. The highest BCUT2D eigenvalue weighted by Gasteiger charge is 2.03. The van der Waals surface area contributed by atoms with E-state index in [-0.39, 0.29) is 5.84 Å². The van der Waals surface area contributed by atoms with E-state index in [4.69, 9.17) is 10.9 Å². The maximum atomic E-state index is 8.46. The molecule has 0 fully saturated rings. The van der Waals surface area contributed by atoms with E-state index in [9.17, 15) is 0 Å². The Labute approximate surface area is 102 Å². The molecule has 0 aromatic carbocycles. The second-order valence-electron chi connectivity index (χ2n) is 3.93. The lowest BCUT2D eigenvalue weighted by Crippen LogP contribution is -2.29. The molecule has 1 heterocycles. The molecule has 0 unspecified atom stereocenters. The van der Waals surface area contributed by atoms with Gasteiger partial charge < -0.3 is 20.4 Å². The number of rotatable bonds is 8. The van der Waals surface area contributed by atoms with Crippen LogP contribution in [0.5, 0.6) is 0 Å². The topological polar surface area (TPSA) is 79.7 Å². The number of aryl methyl sites for hydroxylation is 1. The Hall–Kier alpha value is -1.56. The van der Waals surface area contributed by atoms with Gasteiger partial charge in [-0.25, -0.2) is 4.98 Å². The summed E-state index contributed by atoms with van der Waals surface area (Å²) in [6, 6.07) is 0. The molecule has 1 aromatic heterocycles. The van der Waals surface area contributed by atoms with Crippen molar-refractivity contribution in [3.63, 3.8) is 0 Å². The zero-order chi connectivity index (χ0) is 12.5. The Balaban J connectivity index is 2.18. The van der Waals surface area contributed by atoms with Crippen molar-refractivity contribution in [2.75, 3.05) is 19.6 Å². The van der Waals surface area contributed by atoms with Gasteiger partial charge in [-0.15, -0.1) is 0 Å². The van der Waals surface area contributed by atoms with E-state index in [0.29, 0.717) is 6.42 Å². The maximum absolute atomic E-state index is 8.46. The summed E-state index contributed by atoms with van der Waals surface area (Å²) in [6.07, 6.45) is 7.26. The van der Waals surface area contributed by atoms with Crippen molar-refractivity contribution in [2.24, 2.45) is 10.9 Å². The highest BCUT2D eigenvalue weighted by Crippen LogP contribution is 1.97. The van der Waals surface area contributed by atoms with Gasteiger partial charge in [-0.3, -0.25) is 0 Å². The van der Waals surface area contributed by atoms with Crippen molar-refractivity contribution in [2.45, 2.75) is 26.3 Å². The van der Waals surface area contributed by atoms with E-state index in [1.54, 1.807) is 6.20 Å². The Morgan fingerprint density at radius 1 is 1.53 bits per heavy atom. The van der Waals surface area contributed by atoms with Gasteiger partial charge in [0.1, 0.15) is 5.84 Å². The fourth-order valence-corrected chi connectivity index (χ4v) is 1.65. The van der Waals surface area contributed by atoms with Gasteiger partial charge in [-0.2, -0.15) is 0 Å². The summed E-state index contributed by atoms with van der Waals surface area (Å²) in [6.45, 7) is 5.90. The Bertz CT molecular complexity index is 323. The van der Waals surface area contributed by atoms with Crippen LogP contribution in [0.2, 0.25) is 0 Å². The predicted octanol–water partition coefficient (Wildman–Crippen LogP) is 0.732. The number of hydrogen-bond acceptors (Lipinski definition) is 4. The minimum absolute atomic E-state index is 0.290. The number of oxime groups is 1. The van der Waals surface area contributed by atoms with E-state index in [1.807, 2.05) is 12.5 Å². The lowest BCUT2D eigenvalue weighted by Gasteiger charge is -2.19. The minimum Gasteiger partial charge on any atom is -0.409 e. The SMILES string of the molecule is CCN(CCCn1ccnc1)CCC(N)=NO. The molecule has 0 spiro atoms. The zero-order valence-electron chi connectivity index (χ0n) is 10.3. The average molecular weight is 239 g/mol. The third kappa shape index (κ3) is 5.35. The molecule has 0 aliphatic heterocycles. The van der Waals surface area contributed by atoms with Crippen molar-refractivity contribution >= 4 is 5.84 Å². The van der Waals surface area contributed by atoms with Crippen LogP contribution in [0, 0.1) is 0 Å². The third-order valence-corrected chi connectivity index (χ3v) is 2.71. The molecular weight excluding hydrogens is 218 g/mol. The largest absolute Gasteiger partial charge is 0.409 e. The molecule has 0 amide bonds. The lowest BCUT2D eigenvalue weighted by molar-refractivity contribution is 0.281. The van der Waals surface area contributed by atoms with Crippen molar-refractivity contribution < 1.29 is 5.21 Å². The van der Waals surface area contributed by atoms with Gasteiger partial charge in [0.2, 0.25) is 0 Å². The summed E-state index contributed by atoms with van der Waals surface area (Å²) >= 11 is 0. The first-order valence-corrected chi connectivity index (χ1v) is 5.90. The van der Waals surface area contributed by atoms with Crippen molar-refractivity contribution in [3.05, 3.63) is 18.7 Å². The predicted molar refractivity (Wildman–Crippen MR) is 67.0 cm³/mol. The molecule has 0 aliphatic rings. The molecule has 0 saturated carbocycles. The molecule has 0 radical (unpaired) electrons. The van der Waals surface area contributed by atoms with E-state index in [0.717, 1.165) is 32.6 Å². The van der Waals surface area contributed by atoms with Crippen molar-refractivity contribution in [1.82, 2.24) is 14.5 Å². The van der Waals surface area contributed by atoms with Crippen LogP contribution in [0.1, 0.15) is 19.8 Å². The average Bonchev–Trinajstić information content (AvgIpc) is 2.86.